The molecule has 19 heavy (non-hydrogen) atoms. The lowest BCUT2D eigenvalue weighted by molar-refractivity contribution is 0.0593. The summed E-state index contributed by atoms with van der Waals surface area (Å²) >= 11 is 0. The minimum absolute atomic E-state index is 0.126. The average molecular weight is 254 g/mol. The summed E-state index contributed by atoms with van der Waals surface area (Å²) in [6.07, 6.45) is 2.82. The quantitative estimate of drug-likeness (QED) is 0.841. The van der Waals surface area contributed by atoms with Gasteiger partial charge in [-0.25, -0.2) is 9.78 Å². The van der Waals surface area contributed by atoms with E-state index in [0.29, 0.717) is 11.4 Å². The number of aromatic nitrogens is 2. The van der Waals surface area contributed by atoms with Crippen molar-refractivity contribution in [2.75, 3.05) is 12.4 Å². The van der Waals surface area contributed by atoms with Gasteiger partial charge in [0.1, 0.15) is 5.82 Å². The number of nitrogens with one attached hydrogen (secondary N) is 1. The Hall–Kier alpha value is -2.94. The Morgan fingerprint density at radius 1 is 1.32 bits per heavy atom. The van der Waals surface area contributed by atoms with E-state index in [2.05, 4.69) is 20.0 Å². The summed E-state index contributed by atoms with van der Waals surface area (Å²) in [5.74, 6) is -0.122. The fraction of sp³-hybridized carbons (Fsp3) is 0.0769. The molecule has 0 saturated carbocycles. The minimum atomic E-state index is -0.545. The number of esters is 1. The summed E-state index contributed by atoms with van der Waals surface area (Å²) in [6, 6.07) is 8.88. The Labute approximate surface area is 109 Å². The number of nitrogens with zero attached hydrogens (tertiary/aromatic N) is 3. The zero-order chi connectivity index (χ0) is 13.7. The van der Waals surface area contributed by atoms with E-state index in [1.807, 2.05) is 6.07 Å². The van der Waals surface area contributed by atoms with Gasteiger partial charge in [0.25, 0.3) is 0 Å². The van der Waals surface area contributed by atoms with Gasteiger partial charge in [-0.15, -0.1) is 0 Å². The van der Waals surface area contributed by atoms with Crippen LogP contribution in [0.4, 0.5) is 11.5 Å². The predicted octanol–water partition coefficient (Wildman–Crippen LogP) is 1.88. The van der Waals surface area contributed by atoms with Crippen LogP contribution in [0.15, 0.2) is 36.7 Å². The van der Waals surface area contributed by atoms with Crippen LogP contribution in [0.3, 0.4) is 0 Å². The number of carbonyl (C=O) groups excluding carboxylic acids is 1. The van der Waals surface area contributed by atoms with Gasteiger partial charge in [-0.05, 0) is 24.3 Å². The van der Waals surface area contributed by atoms with Crippen LogP contribution in [-0.2, 0) is 4.74 Å². The number of anilines is 2. The molecule has 0 unspecified atom stereocenters. The van der Waals surface area contributed by atoms with Crippen LogP contribution in [0.5, 0.6) is 0 Å². The van der Waals surface area contributed by atoms with Gasteiger partial charge in [-0.3, -0.25) is 4.98 Å². The number of benzene rings is 1. The summed E-state index contributed by atoms with van der Waals surface area (Å²) in [6.45, 7) is 0. The first-order valence-electron chi connectivity index (χ1n) is 5.40. The van der Waals surface area contributed by atoms with Gasteiger partial charge < -0.3 is 10.1 Å². The maximum atomic E-state index is 11.3. The van der Waals surface area contributed by atoms with Gasteiger partial charge >= 0.3 is 5.97 Å². The van der Waals surface area contributed by atoms with Crippen molar-refractivity contribution in [1.29, 1.82) is 5.26 Å². The third-order valence-corrected chi connectivity index (χ3v) is 2.32. The maximum absolute atomic E-state index is 11.3. The lowest BCUT2D eigenvalue weighted by Crippen LogP contribution is -2.06. The second-order valence-electron chi connectivity index (χ2n) is 3.60. The molecule has 1 aromatic carbocycles. The Bertz CT molecular complexity index is 632. The van der Waals surface area contributed by atoms with Gasteiger partial charge in [0.15, 0.2) is 5.69 Å². The third kappa shape index (κ3) is 3.04. The number of nitriles is 1. The summed E-state index contributed by atoms with van der Waals surface area (Å²) < 4.78 is 4.57. The number of hydrogen-bond acceptors (Lipinski definition) is 6. The minimum Gasteiger partial charge on any atom is -0.464 e. The molecule has 0 atom stereocenters. The molecule has 1 N–H and O–H groups in total. The molecular weight excluding hydrogens is 244 g/mol. The fourth-order valence-corrected chi connectivity index (χ4v) is 1.41. The van der Waals surface area contributed by atoms with E-state index in [0.717, 1.165) is 5.69 Å². The molecule has 0 spiro atoms. The van der Waals surface area contributed by atoms with Crippen LogP contribution in [0, 0.1) is 11.3 Å². The van der Waals surface area contributed by atoms with Crippen LogP contribution >= 0.6 is 0 Å². The van der Waals surface area contributed by atoms with Crippen LogP contribution in [0.1, 0.15) is 16.1 Å². The fourth-order valence-electron chi connectivity index (χ4n) is 1.41. The molecule has 0 aliphatic heterocycles. The highest BCUT2D eigenvalue weighted by molar-refractivity contribution is 5.87. The van der Waals surface area contributed by atoms with Crippen LogP contribution in [0.25, 0.3) is 0 Å². The van der Waals surface area contributed by atoms with Crippen molar-refractivity contribution < 1.29 is 9.53 Å². The van der Waals surface area contributed by atoms with Crippen molar-refractivity contribution in [3.8, 4) is 6.07 Å². The number of hydrogen-bond donors (Lipinski definition) is 1. The molecule has 0 saturated heterocycles. The lowest BCUT2D eigenvalue weighted by atomic mass is 10.2. The molecule has 0 fully saturated rings. The molecule has 94 valence electrons. The summed E-state index contributed by atoms with van der Waals surface area (Å²) in [5.41, 5.74) is 1.44. The van der Waals surface area contributed by atoms with Crippen LogP contribution in [-0.4, -0.2) is 23.0 Å². The molecular formula is C13H10N4O2. The smallest absolute Gasteiger partial charge is 0.358 e. The summed E-state index contributed by atoms with van der Waals surface area (Å²) in [4.78, 5) is 19.3. The molecule has 1 heterocycles. The normalized spacial score (nSPS) is 9.47. The van der Waals surface area contributed by atoms with Crippen molar-refractivity contribution in [2.45, 2.75) is 0 Å². The topological polar surface area (TPSA) is 87.9 Å². The van der Waals surface area contributed by atoms with Crippen LogP contribution in [0.2, 0.25) is 0 Å². The van der Waals surface area contributed by atoms with Gasteiger partial charge in [0.2, 0.25) is 0 Å². The van der Waals surface area contributed by atoms with E-state index in [1.54, 1.807) is 24.3 Å². The second kappa shape index (κ2) is 5.60. The first-order valence-corrected chi connectivity index (χ1v) is 5.40. The Kier molecular flexibility index (Phi) is 3.69. The van der Waals surface area contributed by atoms with Crippen molar-refractivity contribution in [3.05, 3.63) is 47.9 Å². The molecule has 0 aliphatic rings. The lowest BCUT2D eigenvalue weighted by Gasteiger charge is -2.06. The monoisotopic (exact) mass is 254 g/mol. The molecule has 6 heteroatoms. The molecule has 0 bridgehead atoms. The Morgan fingerprint density at radius 3 is 2.68 bits per heavy atom. The first-order chi connectivity index (χ1) is 9.22. The van der Waals surface area contributed by atoms with Crippen LogP contribution < -0.4 is 5.32 Å². The van der Waals surface area contributed by atoms with E-state index in [4.69, 9.17) is 5.26 Å². The zero-order valence-electron chi connectivity index (χ0n) is 10.1. The van der Waals surface area contributed by atoms with E-state index >= 15 is 0 Å². The highest BCUT2D eigenvalue weighted by Gasteiger charge is 2.08. The zero-order valence-corrected chi connectivity index (χ0v) is 10.1. The first kappa shape index (κ1) is 12.5. The number of methoxy groups -OCH3 is 1. The molecule has 0 amide bonds. The van der Waals surface area contributed by atoms with Crippen molar-refractivity contribution >= 4 is 17.5 Å². The van der Waals surface area contributed by atoms with Gasteiger partial charge in [-0.1, -0.05) is 0 Å². The van der Waals surface area contributed by atoms with Gasteiger partial charge in [0.05, 0.1) is 31.1 Å². The van der Waals surface area contributed by atoms with Crippen molar-refractivity contribution in [1.82, 2.24) is 9.97 Å². The predicted molar refractivity (Wildman–Crippen MR) is 67.8 cm³/mol. The molecule has 0 aliphatic carbocycles. The largest absolute Gasteiger partial charge is 0.464 e. The third-order valence-electron chi connectivity index (χ3n) is 2.32. The molecule has 0 radical (unpaired) electrons. The average Bonchev–Trinajstić information content (AvgIpc) is 2.47. The SMILES string of the molecule is COC(=O)c1cncc(Nc2ccc(C#N)cc2)n1. The van der Waals surface area contributed by atoms with E-state index in [1.165, 1.54) is 19.5 Å². The Balaban J connectivity index is 2.18. The highest BCUT2D eigenvalue weighted by atomic mass is 16.5. The van der Waals surface area contributed by atoms with E-state index < -0.39 is 5.97 Å². The highest BCUT2D eigenvalue weighted by Crippen LogP contribution is 2.14. The Morgan fingerprint density at radius 2 is 2.05 bits per heavy atom. The summed E-state index contributed by atoms with van der Waals surface area (Å²) in [5, 5.41) is 11.7. The van der Waals surface area contributed by atoms with E-state index in [9.17, 15) is 4.79 Å². The number of ether oxygens (including phenoxy) is 1. The molecule has 1 aromatic heterocycles. The molecule has 2 rings (SSSR count). The summed E-state index contributed by atoms with van der Waals surface area (Å²) in [7, 11) is 1.28. The standard InChI is InChI=1S/C13H10N4O2/c1-19-13(18)11-7-15-8-12(17-11)16-10-4-2-9(6-14)3-5-10/h2-5,7-8H,1H3,(H,16,17). The molecule has 6 nitrogen and oxygen atoms in total. The van der Waals surface area contributed by atoms with Gasteiger partial charge in [0, 0.05) is 5.69 Å². The number of carbonyl (C=O) groups is 1. The maximum Gasteiger partial charge on any atom is 0.358 e. The van der Waals surface area contributed by atoms with Crippen molar-refractivity contribution in [3.63, 3.8) is 0 Å². The van der Waals surface area contributed by atoms with Crippen molar-refractivity contribution in [2.24, 2.45) is 0 Å². The number of rotatable bonds is 3. The van der Waals surface area contributed by atoms with E-state index in [-0.39, 0.29) is 5.69 Å². The van der Waals surface area contributed by atoms with Gasteiger partial charge in [-0.2, -0.15) is 5.26 Å². The second-order valence-corrected chi connectivity index (χ2v) is 3.60. The molecule has 2 aromatic rings.